The highest BCUT2D eigenvalue weighted by Gasteiger charge is 2.38. The summed E-state index contributed by atoms with van der Waals surface area (Å²) in [5, 5.41) is 6.87. The molecule has 2 N–H and O–H groups in total. The number of amides is 1. The number of nitrogens with one attached hydrogen (secondary N) is 2. The van der Waals surface area contributed by atoms with Gasteiger partial charge in [0.25, 0.3) is 0 Å². The lowest BCUT2D eigenvalue weighted by Gasteiger charge is -2.48. The summed E-state index contributed by atoms with van der Waals surface area (Å²) in [5.74, 6) is 0.446. The minimum atomic E-state index is -0.285. The van der Waals surface area contributed by atoms with Crippen LogP contribution in [0, 0.1) is 0 Å². The van der Waals surface area contributed by atoms with Crippen LogP contribution in [0.1, 0.15) is 39.0 Å². The van der Waals surface area contributed by atoms with Crippen LogP contribution in [0.25, 0.3) is 0 Å². The van der Waals surface area contributed by atoms with Crippen LogP contribution in [-0.2, 0) is 9.53 Å². The second kappa shape index (κ2) is 9.13. The molecule has 1 aliphatic carbocycles. The topological polar surface area (TPSA) is 66.5 Å². The van der Waals surface area contributed by atoms with Crippen LogP contribution >= 0.6 is 11.6 Å². The summed E-state index contributed by atoms with van der Waals surface area (Å²) >= 11 is 5.83. The van der Waals surface area contributed by atoms with Gasteiger partial charge in [-0.1, -0.05) is 30.9 Å². The summed E-state index contributed by atoms with van der Waals surface area (Å²) in [6.07, 6.45) is 7.73. The number of rotatable bonds is 6. The number of hydrogen-bond donors (Lipinski definition) is 2. The molecule has 0 unspecified atom stereocenters. The van der Waals surface area contributed by atoms with Crippen LogP contribution in [0.5, 0.6) is 0 Å². The maximum atomic E-state index is 12.5. The molecule has 2 aliphatic rings. The molecule has 6 nitrogen and oxygen atoms in total. The first-order valence-electron chi connectivity index (χ1n) is 9.58. The van der Waals surface area contributed by atoms with Crippen molar-refractivity contribution in [2.45, 2.75) is 50.6 Å². The van der Waals surface area contributed by atoms with Gasteiger partial charge in [0.2, 0.25) is 5.91 Å². The van der Waals surface area contributed by atoms with E-state index in [1.54, 1.807) is 12.1 Å². The van der Waals surface area contributed by atoms with E-state index in [0.717, 1.165) is 32.8 Å². The molecule has 7 heteroatoms. The minimum absolute atomic E-state index is 0.0761. The van der Waals surface area contributed by atoms with Gasteiger partial charge in [-0.3, -0.25) is 9.69 Å². The Morgan fingerprint density at radius 3 is 2.69 bits per heavy atom. The van der Waals surface area contributed by atoms with Crippen molar-refractivity contribution >= 4 is 23.3 Å². The molecular weight excluding hydrogens is 352 g/mol. The lowest BCUT2D eigenvalue weighted by atomic mass is 9.79. The molecule has 0 radical (unpaired) electrons. The van der Waals surface area contributed by atoms with Crippen molar-refractivity contribution in [1.82, 2.24) is 15.2 Å². The molecule has 0 spiro atoms. The number of halogens is 1. The first kappa shape index (κ1) is 19.5. The lowest BCUT2D eigenvalue weighted by molar-refractivity contribution is -0.118. The van der Waals surface area contributed by atoms with E-state index in [0.29, 0.717) is 10.8 Å². The Bertz CT molecular complexity index is 584. The maximum Gasteiger partial charge on any atom is 0.242 e. The molecule has 26 heavy (non-hydrogen) atoms. The maximum absolute atomic E-state index is 12.5. The van der Waals surface area contributed by atoms with Crippen molar-refractivity contribution in [1.29, 1.82) is 0 Å². The van der Waals surface area contributed by atoms with Crippen molar-refractivity contribution in [3.63, 3.8) is 0 Å². The Hall–Kier alpha value is -1.21. The van der Waals surface area contributed by atoms with E-state index in [2.05, 4.69) is 20.5 Å². The van der Waals surface area contributed by atoms with Gasteiger partial charge in [-0.2, -0.15) is 0 Å². The second-order valence-corrected chi connectivity index (χ2v) is 7.77. The molecule has 1 atom stereocenters. The number of carbonyl (C=O) groups is 1. The number of carbonyl (C=O) groups excluding carboxylic acids is 1. The normalized spacial score (nSPS) is 21.9. The van der Waals surface area contributed by atoms with Crippen molar-refractivity contribution in [2.75, 3.05) is 38.2 Å². The van der Waals surface area contributed by atoms with E-state index in [4.69, 9.17) is 16.3 Å². The van der Waals surface area contributed by atoms with Crippen molar-refractivity contribution in [2.24, 2.45) is 0 Å². The predicted octanol–water partition coefficient (Wildman–Crippen LogP) is 2.69. The van der Waals surface area contributed by atoms with E-state index in [1.807, 2.05) is 6.92 Å². The van der Waals surface area contributed by atoms with E-state index in [-0.39, 0.29) is 17.5 Å². The summed E-state index contributed by atoms with van der Waals surface area (Å²) in [6, 6.07) is 3.15. The SMILES string of the molecule is C[C@@H](NCC1(N2CCOCC2)CCCCC1)C(=O)Nc1ccc(Cl)cn1. The zero-order valence-electron chi connectivity index (χ0n) is 15.5. The summed E-state index contributed by atoms with van der Waals surface area (Å²) in [6.45, 7) is 6.31. The van der Waals surface area contributed by atoms with Crippen LogP contribution in [0.2, 0.25) is 5.02 Å². The fourth-order valence-corrected chi connectivity index (χ4v) is 4.08. The number of pyridine rings is 1. The first-order chi connectivity index (χ1) is 12.6. The third-order valence-corrected chi connectivity index (χ3v) is 5.80. The Morgan fingerprint density at radius 2 is 2.04 bits per heavy atom. The van der Waals surface area contributed by atoms with Crippen LogP contribution in [0.15, 0.2) is 18.3 Å². The second-order valence-electron chi connectivity index (χ2n) is 7.34. The quantitative estimate of drug-likeness (QED) is 0.794. The van der Waals surface area contributed by atoms with Gasteiger partial charge < -0.3 is 15.4 Å². The average molecular weight is 381 g/mol. The van der Waals surface area contributed by atoms with Crippen molar-refractivity contribution < 1.29 is 9.53 Å². The monoisotopic (exact) mass is 380 g/mol. The largest absolute Gasteiger partial charge is 0.379 e. The molecule has 144 valence electrons. The third-order valence-electron chi connectivity index (χ3n) is 5.58. The summed E-state index contributed by atoms with van der Waals surface area (Å²) < 4.78 is 5.53. The molecule has 1 aromatic heterocycles. The van der Waals surface area contributed by atoms with E-state index < -0.39 is 0 Å². The Labute approximate surface area is 160 Å². The standard InChI is InChI=1S/C19H29ClN4O2/c1-15(18(25)23-17-6-5-16(20)13-21-17)22-14-19(7-3-2-4-8-19)24-9-11-26-12-10-24/h5-6,13,15,22H,2-4,7-12,14H2,1H3,(H,21,23,25)/t15-/m1/s1. The number of morpholine rings is 1. The zero-order chi connectivity index (χ0) is 18.4. The van der Waals surface area contributed by atoms with Gasteiger partial charge in [0, 0.05) is 31.4 Å². The molecule has 2 fully saturated rings. The number of hydrogen-bond acceptors (Lipinski definition) is 5. The molecule has 1 amide bonds. The molecule has 0 bridgehead atoms. The van der Waals surface area contributed by atoms with Gasteiger partial charge in [-0.15, -0.1) is 0 Å². The van der Waals surface area contributed by atoms with Gasteiger partial charge in [0.1, 0.15) is 5.82 Å². The van der Waals surface area contributed by atoms with Crippen LogP contribution < -0.4 is 10.6 Å². The van der Waals surface area contributed by atoms with Gasteiger partial charge in [-0.05, 0) is 31.9 Å². The highest BCUT2D eigenvalue weighted by atomic mass is 35.5. The summed E-state index contributed by atoms with van der Waals surface area (Å²) in [5.41, 5.74) is 0.148. The van der Waals surface area contributed by atoms with Crippen molar-refractivity contribution in [3.8, 4) is 0 Å². The van der Waals surface area contributed by atoms with E-state index in [1.165, 1.54) is 38.3 Å². The molecule has 3 rings (SSSR count). The average Bonchev–Trinajstić information content (AvgIpc) is 2.69. The van der Waals surface area contributed by atoms with Crippen LogP contribution in [0.3, 0.4) is 0 Å². The Kier molecular flexibility index (Phi) is 6.86. The highest BCUT2D eigenvalue weighted by molar-refractivity contribution is 6.30. The number of aromatic nitrogens is 1. The van der Waals surface area contributed by atoms with Gasteiger partial charge in [0.15, 0.2) is 0 Å². The number of nitrogens with zero attached hydrogens (tertiary/aromatic N) is 2. The van der Waals surface area contributed by atoms with Gasteiger partial charge >= 0.3 is 0 Å². The molecule has 0 aromatic carbocycles. The fraction of sp³-hybridized carbons (Fsp3) is 0.684. The number of ether oxygens (including phenoxy) is 1. The van der Waals surface area contributed by atoms with Crippen LogP contribution in [-0.4, -0.2) is 60.2 Å². The molecule has 1 aliphatic heterocycles. The Morgan fingerprint density at radius 1 is 1.31 bits per heavy atom. The highest BCUT2D eigenvalue weighted by Crippen LogP contribution is 2.34. The van der Waals surface area contributed by atoms with Crippen LogP contribution in [0.4, 0.5) is 5.82 Å². The third kappa shape index (κ3) is 4.94. The molecule has 1 aromatic rings. The van der Waals surface area contributed by atoms with Gasteiger partial charge in [-0.25, -0.2) is 4.98 Å². The van der Waals surface area contributed by atoms with E-state index in [9.17, 15) is 4.79 Å². The minimum Gasteiger partial charge on any atom is -0.379 e. The lowest BCUT2D eigenvalue weighted by Crippen LogP contribution is -2.60. The molecular formula is C19H29ClN4O2. The molecule has 2 heterocycles. The summed E-state index contributed by atoms with van der Waals surface area (Å²) in [7, 11) is 0. The van der Waals surface area contributed by atoms with E-state index >= 15 is 0 Å². The molecule has 1 saturated carbocycles. The molecule has 1 saturated heterocycles. The van der Waals surface area contributed by atoms with Gasteiger partial charge in [0.05, 0.1) is 24.3 Å². The van der Waals surface area contributed by atoms with Crippen molar-refractivity contribution in [3.05, 3.63) is 23.4 Å². The predicted molar refractivity (Wildman–Crippen MR) is 104 cm³/mol. The first-order valence-corrected chi connectivity index (χ1v) is 9.95. The Balaban J connectivity index is 1.57. The smallest absolute Gasteiger partial charge is 0.242 e. The summed E-state index contributed by atoms with van der Waals surface area (Å²) in [4.78, 5) is 19.2. The number of anilines is 1. The fourth-order valence-electron chi connectivity index (χ4n) is 3.97. The zero-order valence-corrected chi connectivity index (χ0v) is 16.2.